The van der Waals surface area contributed by atoms with Crippen molar-refractivity contribution in [2.24, 2.45) is 5.10 Å². The van der Waals surface area contributed by atoms with Gasteiger partial charge < -0.3 is 9.30 Å². The van der Waals surface area contributed by atoms with Crippen molar-refractivity contribution in [3.8, 4) is 17.1 Å². The number of aromatic nitrogens is 3. The normalized spacial score (nSPS) is 11.0. The smallest absolute Gasteiger partial charge is 0.250 e. The van der Waals surface area contributed by atoms with Crippen molar-refractivity contribution >= 4 is 23.9 Å². The van der Waals surface area contributed by atoms with E-state index in [0.29, 0.717) is 11.7 Å². The zero-order valence-corrected chi connectivity index (χ0v) is 17.4. The molecule has 3 rings (SSSR count). The molecule has 0 saturated heterocycles. The number of carbonyl (C=O) groups excluding carboxylic acids is 1. The average molecular weight is 410 g/mol. The van der Waals surface area contributed by atoms with E-state index in [1.54, 1.807) is 13.3 Å². The lowest BCUT2D eigenvalue weighted by atomic mass is 10.2. The highest BCUT2D eigenvalue weighted by Gasteiger charge is 2.14. The van der Waals surface area contributed by atoms with Gasteiger partial charge in [-0.25, -0.2) is 5.43 Å². The number of nitrogens with one attached hydrogen (secondary N) is 1. The number of benzene rings is 2. The molecule has 0 bridgehead atoms. The Balaban J connectivity index is 1.59. The summed E-state index contributed by atoms with van der Waals surface area (Å²) in [6.07, 6.45) is 1.62. The molecule has 1 N–H and O–H groups in total. The fourth-order valence-electron chi connectivity index (χ4n) is 2.63. The van der Waals surface area contributed by atoms with Crippen LogP contribution in [0.2, 0.25) is 0 Å². The van der Waals surface area contributed by atoms with Crippen molar-refractivity contribution in [2.75, 3.05) is 12.9 Å². The van der Waals surface area contributed by atoms with E-state index in [2.05, 4.69) is 20.7 Å². The van der Waals surface area contributed by atoms with Crippen LogP contribution in [-0.4, -0.2) is 39.7 Å². The molecule has 0 aliphatic rings. The van der Waals surface area contributed by atoms with Gasteiger partial charge in [0, 0.05) is 12.1 Å². The number of rotatable bonds is 8. The highest BCUT2D eigenvalue weighted by atomic mass is 32.2. The van der Waals surface area contributed by atoms with Gasteiger partial charge >= 0.3 is 0 Å². The van der Waals surface area contributed by atoms with Crippen LogP contribution in [0.5, 0.6) is 5.75 Å². The summed E-state index contributed by atoms with van der Waals surface area (Å²) in [6, 6.07) is 15.5. The molecule has 0 fully saturated rings. The molecule has 150 valence electrons. The van der Waals surface area contributed by atoms with Gasteiger partial charge in [0.25, 0.3) is 5.91 Å². The fourth-order valence-corrected chi connectivity index (χ4v) is 3.42. The SMILES string of the molecule is CCn1c(SCC(=O)NN=Cc2ccc(C)cc2)nnc1-c1ccc(OC)cc1. The van der Waals surface area contributed by atoms with E-state index >= 15 is 0 Å². The summed E-state index contributed by atoms with van der Waals surface area (Å²) < 4.78 is 7.18. The zero-order chi connectivity index (χ0) is 20.6. The van der Waals surface area contributed by atoms with E-state index < -0.39 is 0 Å². The van der Waals surface area contributed by atoms with Gasteiger partial charge in [0.15, 0.2) is 11.0 Å². The summed E-state index contributed by atoms with van der Waals surface area (Å²) in [5.74, 6) is 1.55. The van der Waals surface area contributed by atoms with Crippen LogP contribution in [-0.2, 0) is 11.3 Å². The first kappa shape index (κ1) is 20.6. The van der Waals surface area contributed by atoms with E-state index in [1.807, 2.05) is 66.9 Å². The summed E-state index contributed by atoms with van der Waals surface area (Å²) in [7, 11) is 1.63. The summed E-state index contributed by atoms with van der Waals surface area (Å²) >= 11 is 1.33. The lowest BCUT2D eigenvalue weighted by Crippen LogP contribution is -2.20. The number of hydrogen-bond acceptors (Lipinski definition) is 6. The number of aryl methyl sites for hydroxylation is 1. The minimum atomic E-state index is -0.199. The largest absolute Gasteiger partial charge is 0.497 e. The molecule has 3 aromatic rings. The zero-order valence-electron chi connectivity index (χ0n) is 16.6. The van der Waals surface area contributed by atoms with Gasteiger partial charge in [-0.3, -0.25) is 4.79 Å². The second kappa shape index (κ2) is 9.88. The number of hydrogen-bond donors (Lipinski definition) is 1. The number of hydrazone groups is 1. The second-order valence-electron chi connectivity index (χ2n) is 6.27. The molecule has 8 heteroatoms. The number of amides is 1. The third-order valence-electron chi connectivity index (χ3n) is 4.19. The number of methoxy groups -OCH3 is 1. The van der Waals surface area contributed by atoms with E-state index in [4.69, 9.17) is 4.74 Å². The predicted octanol–water partition coefficient (Wildman–Crippen LogP) is 3.52. The van der Waals surface area contributed by atoms with Gasteiger partial charge in [-0.1, -0.05) is 41.6 Å². The van der Waals surface area contributed by atoms with E-state index in [-0.39, 0.29) is 11.7 Å². The van der Waals surface area contributed by atoms with Gasteiger partial charge in [-0.15, -0.1) is 10.2 Å². The maximum Gasteiger partial charge on any atom is 0.250 e. The van der Waals surface area contributed by atoms with Crippen LogP contribution < -0.4 is 10.2 Å². The number of nitrogens with zero attached hydrogens (tertiary/aromatic N) is 4. The molecule has 7 nitrogen and oxygen atoms in total. The third kappa shape index (κ3) is 5.45. The predicted molar refractivity (Wildman–Crippen MR) is 115 cm³/mol. The molecule has 0 radical (unpaired) electrons. The fraction of sp³-hybridized carbons (Fsp3) is 0.238. The van der Waals surface area contributed by atoms with Crippen molar-refractivity contribution in [3.63, 3.8) is 0 Å². The summed E-state index contributed by atoms with van der Waals surface area (Å²) in [4.78, 5) is 12.1. The molecule has 29 heavy (non-hydrogen) atoms. The molecule has 0 unspecified atom stereocenters. The van der Waals surface area contributed by atoms with Crippen LogP contribution in [0.15, 0.2) is 58.8 Å². The summed E-state index contributed by atoms with van der Waals surface area (Å²) in [5, 5.41) is 13.2. The van der Waals surface area contributed by atoms with Gasteiger partial charge in [-0.05, 0) is 43.7 Å². The average Bonchev–Trinajstić information content (AvgIpc) is 3.16. The van der Waals surface area contributed by atoms with Crippen LogP contribution in [0.25, 0.3) is 11.4 Å². The van der Waals surface area contributed by atoms with Crippen molar-refractivity contribution in [1.29, 1.82) is 0 Å². The highest BCUT2D eigenvalue weighted by molar-refractivity contribution is 7.99. The van der Waals surface area contributed by atoms with E-state index in [0.717, 1.165) is 22.7 Å². The molecular weight excluding hydrogens is 386 g/mol. The highest BCUT2D eigenvalue weighted by Crippen LogP contribution is 2.25. The molecule has 1 amide bonds. The Morgan fingerprint density at radius 3 is 2.55 bits per heavy atom. The molecule has 0 spiro atoms. The van der Waals surface area contributed by atoms with Crippen molar-refractivity contribution in [3.05, 3.63) is 59.7 Å². The van der Waals surface area contributed by atoms with Gasteiger partial charge in [0.05, 0.1) is 19.1 Å². The van der Waals surface area contributed by atoms with Crippen LogP contribution in [0, 0.1) is 6.92 Å². The maximum absolute atomic E-state index is 12.1. The molecule has 0 aliphatic carbocycles. The van der Waals surface area contributed by atoms with Crippen molar-refractivity contribution < 1.29 is 9.53 Å². The first-order valence-electron chi connectivity index (χ1n) is 9.19. The Morgan fingerprint density at radius 2 is 1.90 bits per heavy atom. The first-order valence-corrected chi connectivity index (χ1v) is 10.2. The van der Waals surface area contributed by atoms with E-state index in [1.165, 1.54) is 17.3 Å². The second-order valence-corrected chi connectivity index (χ2v) is 7.21. The van der Waals surface area contributed by atoms with Crippen molar-refractivity contribution in [2.45, 2.75) is 25.5 Å². The quantitative estimate of drug-likeness (QED) is 0.350. The molecule has 2 aromatic carbocycles. The Labute approximate surface area is 174 Å². The van der Waals surface area contributed by atoms with Crippen LogP contribution in [0.4, 0.5) is 0 Å². The summed E-state index contributed by atoms with van der Waals surface area (Å²) in [5.41, 5.74) is 5.59. The number of carbonyl (C=O) groups is 1. The number of ether oxygens (including phenoxy) is 1. The van der Waals surface area contributed by atoms with Crippen molar-refractivity contribution in [1.82, 2.24) is 20.2 Å². The Hall–Kier alpha value is -3.13. The molecule has 1 heterocycles. The first-order chi connectivity index (χ1) is 14.1. The third-order valence-corrected chi connectivity index (χ3v) is 5.16. The van der Waals surface area contributed by atoms with Crippen LogP contribution in [0.1, 0.15) is 18.1 Å². The monoisotopic (exact) mass is 409 g/mol. The minimum absolute atomic E-state index is 0.199. The van der Waals surface area contributed by atoms with E-state index in [9.17, 15) is 4.79 Å². The van der Waals surface area contributed by atoms with Gasteiger partial charge in [0.1, 0.15) is 5.75 Å². The molecule has 1 aromatic heterocycles. The minimum Gasteiger partial charge on any atom is -0.497 e. The Kier molecular flexibility index (Phi) is 7.02. The summed E-state index contributed by atoms with van der Waals surface area (Å²) in [6.45, 7) is 4.74. The Morgan fingerprint density at radius 1 is 1.17 bits per heavy atom. The topological polar surface area (TPSA) is 81.4 Å². The molecule has 0 saturated carbocycles. The molecule has 0 atom stereocenters. The molecular formula is C21H23N5O2S. The number of thioether (sulfide) groups is 1. The lowest BCUT2D eigenvalue weighted by Gasteiger charge is -2.07. The van der Waals surface area contributed by atoms with Gasteiger partial charge in [0.2, 0.25) is 0 Å². The van der Waals surface area contributed by atoms with Gasteiger partial charge in [-0.2, -0.15) is 5.10 Å². The lowest BCUT2D eigenvalue weighted by molar-refractivity contribution is -0.118. The van der Waals surface area contributed by atoms with Crippen LogP contribution >= 0.6 is 11.8 Å². The standard InChI is InChI=1S/C21H23N5O2S/c1-4-26-20(17-9-11-18(28-3)12-10-17)24-25-21(26)29-14-19(27)23-22-13-16-7-5-15(2)6-8-16/h5-13H,4,14H2,1-3H3,(H,23,27). The Bertz CT molecular complexity index is 981. The molecule has 0 aliphatic heterocycles. The maximum atomic E-state index is 12.1. The van der Waals surface area contributed by atoms with Crippen LogP contribution in [0.3, 0.4) is 0 Å².